The fourth-order valence-corrected chi connectivity index (χ4v) is 2.30. The molecule has 25 heavy (non-hydrogen) atoms. The van der Waals surface area contributed by atoms with Crippen LogP contribution in [0.5, 0.6) is 5.88 Å². The van der Waals surface area contributed by atoms with E-state index in [2.05, 4.69) is 9.98 Å². The molecular formula is C17H11ClFN3O3. The molecule has 0 amide bonds. The zero-order chi connectivity index (χ0) is 18.0. The second kappa shape index (κ2) is 6.74. The number of nitrogens with zero attached hydrogens (tertiary/aromatic N) is 2. The van der Waals surface area contributed by atoms with Gasteiger partial charge in [-0.25, -0.2) is 13.8 Å². The van der Waals surface area contributed by atoms with Crippen molar-refractivity contribution in [2.75, 3.05) is 0 Å². The first-order chi connectivity index (χ1) is 12.0. The maximum absolute atomic E-state index is 13.6. The number of aromatic hydroxyl groups is 1. The van der Waals surface area contributed by atoms with Crippen LogP contribution in [0.4, 0.5) is 10.1 Å². The molecule has 0 saturated heterocycles. The maximum atomic E-state index is 13.6. The molecule has 0 radical (unpaired) electrons. The molecule has 8 heteroatoms. The lowest BCUT2D eigenvalue weighted by Crippen LogP contribution is -2.31. The Morgan fingerprint density at radius 3 is 2.48 bits per heavy atom. The van der Waals surface area contributed by atoms with Gasteiger partial charge in [-0.2, -0.15) is 0 Å². The van der Waals surface area contributed by atoms with Crippen LogP contribution in [0.2, 0.25) is 5.02 Å². The molecule has 0 fully saturated rings. The minimum absolute atomic E-state index is 0.00876. The van der Waals surface area contributed by atoms with E-state index in [0.29, 0.717) is 10.7 Å². The average Bonchev–Trinajstić information content (AvgIpc) is 2.57. The first-order valence-electron chi connectivity index (χ1n) is 7.10. The lowest BCUT2D eigenvalue weighted by atomic mass is 10.2. The van der Waals surface area contributed by atoms with Crippen molar-refractivity contribution < 1.29 is 9.50 Å². The topological polar surface area (TPSA) is 87.5 Å². The predicted octanol–water partition coefficient (Wildman–Crippen LogP) is 2.77. The van der Waals surface area contributed by atoms with E-state index in [1.165, 1.54) is 42.5 Å². The molecule has 0 unspecified atom stereocenters. The molecule has 1 aromatic heterocycles. The number of aromatic amines is 1. The van der Waals surface area contributed by atoms with Crippen molar-refractivity contribution in [3.63, 3.8) is 0 Å². The summed E-state index contributed by atoms with van der Waals surface area (Å²) < 4.78 is 14.5. The monoisotopic (exact) mass is 359 g/mol. The van der Waals surface area contributed by atoms with Gasteiger partial charge >= 0.3 is 5.69 Å². The first-order valence-corrected chi connectivity index (χ1v) is 7.48. The van der Waals surface area contributed by atoms with Gasteiger partial charge in [-0.3, -0.25) is 14.8 Å². The van der Waals surface area contributed by atoms with Crippen molar-refractivity contribution in [3.05, 3.63) is 85.8 Å². The average molecular weight is 360 g/mol. The normalized spacial score (nSPS) is 11.1. The van der Waals surface area contributed by atoms with Crippen LogP contribution in [-0.4, -0.2) is 20.9 Å². The van der Waals surface area contributed by atoms with Crippen molar-refractivity contribution in [2.45, 2.75) is 0 Å². The Balaban J connectivity index is 2.14. The van der Waals surface area contributed by atoms with Gasteiger partial charge in [0, 0.05) is 11.2 Å². The molecule has 0 aliphatic heterocycles. The lowest BCUT2D eigenvalue weighted by molar-refractivity contribution is 0.430. The van der Waals surface area contributed by atoms with E-state index >= 15 is 0 Å². The second-order valence-electron chi connectivity index (χ2n) is 5.02. The summed E-state index contributed by atoms with van der Waals surface area (Å²) in [5.41, 5.74) is -1.66. The summed E-state index contributed by atoms with van der Waals surface area (Å²) in [6, 6.07) is 11.8. The standard InChI is InChI=1S/C17H11ClFN3O3/c18-10-5-7-11(8-6-10)22-16(24)12(15(23)21-17(22)25)9-20-14-4-2-1-3-13(14)19/h1-9,24H,(H,21,23,25). The number of H-pyrrole nitrogens is 1. The zero-order valence-electron chi connectivity index (χ0n) is 12.6. The van der Waals surface area contributed by atoms with E-state index in [0.717, 1.165) is 10.8 Å². The molecule has 0 atom stereocenters. The van der Waals surface area contributed by atoms with Crippen molar-refractivity contribution in [1.82, 2.24) is 9.55 Å². The van der Waals surface area contributed by atoms with Crippen LogP contribution in [0.15, 0.2) is 63.1 Å². The van der Waals surface area contributed by atoms with Gasteiger partial charge in [0.1, 0.15) is 11.4 Å². The number of hydrogen-bond acceptors (Lipinski definition) is 4. The zero-order valence-corrected chi connectivity index (χ0v) is 13.4. The van der Waals surface area contributed by atoms with Gasteiger partial charge in [-0.15, -0.1) is 0 Å². The van der Waals surface area contributed by atoms with Crippen molar-refractivity contribution >= 4 is 23.5 Å². The molecule has 6 nitrogen and oxygen atoms in total. The second-order valence-corrected chi connectivity index (χ2v) is 5.45. The van der Waals surface area contributed by atoms with Crippen LogP contribution in [0, 0.1) is 5.82 Å². The van der Waals surface area contributed by atoms with E-state index in [1.807, 2.05) is 0 Å². The molecule has 0 saturated carbocycles. The van der Waals surface area contributed by atoms with E-state index in [9.17, 15) is 19.1 Å². The van der Waals surface area contributed by atoms with Crippen LogP contribution < -0.4 is 11.2 Å². The van der Waals surface area contributed by atoms with Crippen LogP contribution in [-0.2, 0) is 0 Å². The Hall–Kier alpha value is -3.19. The summed E-state index contributed by atoms with van der Waals surface area (Å²) in [6.45, 7) is 0. The Labute approximate surface area is 145 Å². The predicted molar refractivity (Wildman–Crippen MR) is 93.0 cm³/mol. The highest BCUT2D eigenvalue weighted by Gasteiger charge is 2.14. The smallest absolute Gasteiger partial charge is 0.335 e. The highest BCUT2D eigenvalue weighted by Crippen LogP contribution is 2.19. The van der Waals surface area contributed by atoms with E-state index < -0.39 is 22.9 Å². The SMILES string of the molecule is O=c1[nH]c(=O)n(-c2ccc(Cl)cc2)c(O)c1C=Nc1ccccc1F. The summed E-state index contributed by atoms with van der Waals surface area (Å²) in [6.07, 6.45) is 0.998. The number of benzene rings is 2. The number of rotatable bonds is 3. The fraction of sp³-hybridized carbons (Fsp3) is 0. The van der Waals surface area contributed by atoms with Gasteiger partial charge in [0.15, 0.2) is 0 Å². The highest BCUT2D eigenvalue weighted by molar-refractivity contribution is 6.30. The van der Waals surface area contributed by atoms with Crippen molar-refractivity contribution in [2.24, 2.45) is 4.99 Å². The number of aliphatic imine (C=N–C) groups is 1. The van der Waals surface area contributed by atoms with Crippen LogP contribution in [0.1, 0.15) is 5.56 Å². The third-order valence-electron chi connectivity index (χ3n) is 3.39. The van der Waals surface area contributed by atoms with Crippen molar-refractivity contribution in [1.29, 1.82) is 0 Å². The summed E-state index contributed by atoms with van der Waals surface area (Å²) in [4.78, 5) is 30.0. The molecule has 3 aromatic rings. The van der Waals surface area contributed by atoms with Crippen LogP contribution in [0.3, 0.4) is 0 Å². The minimum Gasteiger partial charge on any atom is -0.493 e. The van der Waals surface area contributed by atoms with Gasteiger partial charge in [-0.05, 0) is 36.4 Å². The first kappa shape index (κ1) is 16.7. The molecule has 0 spiro atoms. The Kier molecular flexibility index (Phi) is 4.49. The number of aromatic nitrogens is 2. The third-order valence-corrected chi connectivity index (χ3v) is 3.64. The van der Waals surface area contributed by atoms with Gasteiger partial charge < -0.3 is 5.11 Å². The number of hydrogen-bond donors (Lipinski definition) is 2. The molecule has 1 heterocycles. The lowest BCUT2D eigenvalue weighted by Gasteiger charge is -2.09. The molecule has 3 rings (SSSR count). The number of para-hydroxylation sites is 1. The summed E-state index contributed by atoms with van der Waals surface area (Å²) in [7, 11) is 0. The van der Waals surface area contributed by atoms with Crippen LogP contribution in [0.25, 0.3) is 5.69 Å². The van der Waals surface area contributed by atoms with E-state index in [4.69, 9.17) is 11.6 Å². The van der Waals surface area contributed by atoms with Gasteiger partial charge in [0.25, 0.3) is 5.56 Å². The van der Waals surface area contributed by atoms with Gasteiger partial charge in [0.05, 0.1) is 11.4 Å². The molecule has 0 aliphatic rings. The summed E-state index contributed by atoms with van der Waals surface area (Å²) in [5, 5.41) is 10.8. The van der Waals surface area contributed by atoms with Gasteiger partial charge in [-0.1, -0.05) is 23.7 Å². The quantitative estimate of drug-likeness (QED) is 0.705. The van der Waals surface area contributed by atoms with Gasteiger partial charge in [0.2, 0.25) is 5.88 Å². The van der Waals surface area contributed by atoms with Crippen molar-refractivity contribution in [3.8, 4) is 11.6 Å². The largest absolute Gasteiger partial charge is 0.493 e. The molecular weight excluding hydrogens is 349 g/mol. The number of nitrogens with one attached hydrogen (secondary N) is 1. The van der Waals surface area contributed by atoms with Crippen LogP contribution >= 0.6 is 11.6 Å². The molecule has 126 valence electrons. The minimum atomic E-state index is -0.840. The third kappa shape index (κ3) is 3.36. The Morgan fingerprint density at radius 2 is 1.80 bits per heavy atom. The van der Waals surface area contributed by atoms with E-state index in [-0.39, 0.29) is 11.3 Å². The summed E-state index contributed by atoms with van der Waals surface area (Å²) in [5.74, 6) is -1.20. The van der Waals surface area contributed by atoms with E-state index in [1.54, 1.807) is 6.07 Å². The fourth-order valence-electron chi connectivity index (χ4n) is 2.18. The Morgan fingerprint density at radius 1 is 1.12 bits per heavy atom. The molecule has 2 aromatic carbocycles. The molecule has 2 N–H and O–H groups in total. The molecule has 0 bridgehead atoms. The highest BCUT2D eigenvalue weighted by atomic mass is 35.5. The Bertz CT molecular complexity index is 1070. The number of halogens is 2. The molecule has 0 aliphatic carbocycles. The summed E-state index contributed by atoms with van der Waals surface area (Å²) >= 11 is 5.80. The maximum Gasteiger partial charge on any atom is 0.335 e.